The van der Waals surface area contributed by atoms with E-state index in [2.05, 4.69) is 5.32 Å². The van der Waals surface area contributed by atoms with Gasteiger partial charge < -0.3 is 19.7 Å². The molecule has 0 bridgehead atoms. The molecule has 1 aromatic carbocycles. The molecule has 0 saturated carbocycles. The molecule has 1 aliphatic rings. The van der Waals surface area contributed by atoms with Crippen LogP contribution in [0.25, 0.3) is 0 Å². The Balaban J connectivity index is 0.000000612. The van der Waals surface area contributed by atoms with Gasteiger partial charge in [-0.3, -0.25) is 0 Å². The van der Waals surface area contributed by atoms with Gasteiger partial charge in [-0.15, -0.1) is 0 Å². The average Bonchev–Trinajstić information content (AvgIpc) is 2.44. The van der Waals surface area contributed by atoms with E-state index in [9.17, 15) is 4.79 Å². The number of benzene rings is 1. The van der Waals surface area contributed by atoms with Crippen LogP contribution in [-0.4, -0.2) is 38.4 Å². The van der Waals surface area contributed by atoms with Crippen molar-refractivity contribution in [3.63, 3.8) is 0 Å². The van der Waals surface area contributed by atoms with Crippen molar-refractivity contribution >= 4 is 6.29 Å². The number of ether oxygens (including phenoxy) is 1. The minimum Gasteiger partial charge on any atom is -0.458 e. The Morgan fingerprint density at radius 2 is 1.85 bits per heavy atom. The molecule has 0 spiro atoms. The number of hydrogen-bond donors (Lipinski definition) is 1. The Hall–Kier alpha value is -2.07. The number of nitrogens with one attached hydrogen (secondary N) is 1. The summed E-state index contributed by atoms with van der Waals surface area (Å²) in [4.78, 5) is 12.7. The van der Waals surface area contributed by atoms with E-state index in [4.69, 9.17) is 4.74 Å². The lowest BCUT2D eigenvalue weighted by atomic mass is 10.2. The molecule has 0 amide bonds. The summed E-state index contributed by atoms with van der Waals surface area (Å²) in [6.45, 7) is 2.03. The smallest absolute Gasteiger partial charge is 0.146 e. The average molecular weight is 274 g/mol. The van der Waals surface area contributed by atoms with E-state index in [1.807, 2.05) is 69.5 Å². The molecule has 4 heteroatoms. The van der Waals surface area contributed by atoms with Crippen LogP contribution in [0, 0.1) is 6.92 Å². The van der Waals surface area contributed by atoms with Crippen molar-refractivity contribution in [2.24, 2.45) is 0 Å². The summed E-state index contributed by atoms with van der Waals surface area (Å²) in [5.41, 5.74) is 1.19. The molecule has 0 saturated heterocycles. The first-order valence-electron chi connectivity index (χ1n) is 6.51. The predicted octanol–water partition coefficient (Wildman–Crippen LogP) is 2.12. The van der Waals surface area contributed by atoms with E-state index < -0.39 is 0 Å². The lowest BCUT2D eigenvalue weighted by molar-refractivity contribution is -0.110. The van der Waals surface area contributed by atoms with Crippen molar-refractivity contribution in [1.82, 2.24) is 10.2 Å². The summed E-state index contributed by atoms with van der Waals surface area (Å²) >= 11 is 0. The second-order valence-corrected chi connectivity index (χ2v) is 4.59. The minimum absolute atomic E-state index is 0.250. The van der Waals surface area contributed by atoms with Gasteiger partial charge in [-0.25, -0.2) is 0 Å². The zero-order valence-electron chi connectivity index (χ0n) is 12.5. The van der Waals surface area contributed by atoms with E-state index in [1.54, 1.807) is 6.08 Å². The van der Waals surface area contributed by atoms with Crippen molar-refractivity contribution in [3.05, 3.63) is 53.9 Å². The molecule has 4 nitrogen and oxygen atoms in total. The van der Waals surface area contributed by atoms with Crippen molar-refractivity contribution in [3.8, 4) is 5.75 Å². The second kappa shape index (κ2) is 8.17. The van der Waals surface area contributed by atoms with Gasteiger partial charge in [0.1, 0.15) is 23.8 Å². The molecule has 1 aliphatic heterocycles. The molecule has 1 unspecified atom stereocenters. The number of rotatable bonds is 3. The van der Waals surface area contributed by atoms with Crippen LogP contribution in [0.2, 0.25) is 0 Å². The zero-order chi connectivity index (χ0) is 15.0. The largest absolute Gasteiger partial charge is 0.458 e. The first kappa shape index (κ1) is 16.0. The van der Waals surface area contributed by atoms with Gasteiger partial charge in [0.25, 0.3) is 0 Å². The summed E-state index contributed by atoms with van der Waals surface area (Å²) in [6.07, 6.45) is 6.37. The molecule has 0 radical (unpaired) electrons. The van der Waals surface area contributed by atoms with Crippen LogP contribution in [-0.2, 0) is 4.79 Å². The van der Waals surface area contributed by atoms with Gasteiger partial charge in [0.05, 0.1) is 0 Å². The second-order valence-electron chi connectivity index (χ2n) is 4.59. The van der Waals surface area contributed by atoms with Crippen LogP contribution < -0.4 is 10.1 Å². The van der Waals surface area contributed by atoms with Crippen molar-refractivity contribution < 1.29 is 9.53 Å². The van der Waals surface area contributed by atoms with Crippen LogP contribution in [0.3, 0.4) is 0 Å². The van der Waals surface area contributed by atoms with Gasteiger partial charge >= 0.3 is 0 Å². The highest BCUT2D eigenvalue weighted by Gasteiger charge is 2.13. The van der Waals surface area contributed by atoms with Gasteiger partial charge in [0.15, 0.2) is 0 Å². The van der Waals surface area contributed by atoms with E-state index in [0.29, 0.717) is 5.76 Å². The quantitative estimate of drug-likeness (QED) is 0.857. The molecule has 108 valence electrons. The Morgan fingerprint density at radius 1 is 1.25 bits per heavy atom. The van der Waals surface area contributed by atoms with Gasteiger partial charge in [0.2, 0.25) is 0 Å². The number of carbonyl (C=O) groups excluding carboxylic acids is 1. The summed E-state index contributed by atoms with van der Waals surface area (Å²) in [5, 5.41) is 2.75. The van der Waals surface area contributed by atoms with Crippen molar-refractivity contribution in [2.45, 2.75) is 13.0 Å². The SMILES string of the molecule is CNC.Cc1ccc(OC2=CC(C=O)N(C)C=C2)cc1. The molecular formula is C16H22N2O2. The Bertz CT molecular complexity index is 478. The van der Waals surface area contributed by atoms with Crippen LogP contribution in [0.4, 0.5) is 0 Å². The van der Waals surface area contributed by atoms with Gasteiger partial charge in [-0.2, -0.15) is 0 Å². The highest BCUT2D eigenvalue weighted by atomic mass is 16.5. The maximum atomic E-state index is 10.8. The van der Waals surface area contributed by atoms with Crippen LogP contribution in [0.15, 0.2) is 48.4 Å². The fourth-order valence-corrected chi connectivity index (χ4v) is 1.58. The lowest BCUT2D eigenvalue weighted by Crippen LogP contribution is -2.29. The van der Waals surface area contributed by atoms with Crippen LogP contribution in [0.5, 0.6) is 5.75 Å². The Labute approximate surface area is 120 Å². The van der Waals surface area contributed by atoms with Gasteiger partial charge in [0, 0.05) is 13.2 Å². The molecule has 0 aliphatic carbocycles. The fraction of sp³-hybridized carbons (Fsp3) is 0.312. The third-order valence-corrected chi connectivity index (χ3v) is 2.68. The fourth-order valence-electron chi connectivity index (χ4n) is 1.58. The van der Waals surface area contributed by atoms with E-state index >= 15 is 0 Å². The minimum atomic E-state index is -0.250. The summed E-state index contributed by atoms with van der Waals surface area (Å²) in [7, 11) is 5.61. The molecule has 1 atom stereocenters. The number of likely N-dealkylation sites (N-methyl/N-ethyl adjacent to an activating group) is 1. The number of carbonyl (C=O) groups is 1. The van der Waals surface area contributed by atoms with Crippen LogP contribution in [0.1, 0.15) is 5.56 Å². The zero-order valence-corrected chi connectivity index (χ0v) is 12.5. The van der Waals surface area contributed by atoms with E-state index in [0.717, 1.165) is 12.0 Å². The first-order valence-corrected chi connectivity index (χ1v) is 6.51. The summed E-state index contributed by atoms with van der Waals surface area (Å²) < 4.78 is 5.68. The molecule has 0 aromatic heterocycles. The molecular weight excluding hydrogens is 252 g/mol. The number of aldehydes is 1. The number of allylic oxidation sites excluding steroid dienone is 1. The number of nitrogens with zero attached hydrogens (tertiary/aromatic N) is 1. The Morgan fingerprint density at radius 3 is 2.40 bits per heavy atom. The predicted molar refractivity (Wildman–Crippen MR) is 81.6 cm³/mol. The molecule has 1 N–H and O–H groups in total. The topological polar surface area (TPSA) is 41.6 Å². The third-order valence-electron chi connectivity index (χ3n) is 2.68. The maximum Gasteiger partial charge on any atom is 0.146 e. The van der Waals surface area contributed by atoms with Gasteiger partial charge in [-0.1, -0.05) is 17.7 Å². The molecule has 1 heterocycles. The van der Waals surface area contributed by atoms with E-state index in [-0.39, 0.29) is 6.04 Å². The molecule has 1 aromatic rings. The van der Waals surface area contributed by atoms with Crippen LogP contribution >= 0.6 is 0 Å². The first-order chi connectivity index (χ1) is 9.60. The highest BCUT2D eigenvalue weighted by molar-refractivity contribution is 5.62. The van der Waals surface area contributed by atoms with Gasteiger partial charge in [-0.05, 0) is 45.3 Å². The number of aryl methyl sites for hydroxylation is 1. The summed E-state index contributed by atoms with van der Waals surface area (Å²) in [6, 6.07) is 7.56. The lowest BCUT2D eigenvalue weighted by Gasteiger charge is -2.23. The van der Waals surface area contributed by atoms with E-state index in [1.165, 1.54) is 5.56 Å². The number of hydrogen-bond acceptors (Lipinski definition) is 4. The summed E-state index contributed by atoms with van der Waals surface area (Å²) in [5.74, 6) is 1.48. The monoisotopic (exact) mass is 274 g/mol. The van der Waals surface area contributed by atoms with Crippen molar-refractivity contribution in [2.75, 3.05) is 21.1 Å². The molecule has 20 heavy (non-hydrogen) atoms. The molecule has 2 rings (SSSR count). The van der Waals surface area contributed by atoms with Crippen molar-refractivity contribution in [1.29, 1.82) is 0 Å². The molecule has 0 fully saturated rings. The highest BCUT2D eigenvalue weighted by Crippen LogP contribution is 2.18. The normalized spacial score (nSPS) is 16.9. The third kappa shape index (κ3) is 4.90. The Kier molecular flexibility index (Phi) is 6.53. The maximum absolute atomic E-state index is 10.8. The standard InChI is InChI=1S/C14H15NO2.C2H7N/c1-11-3-5-13(6-4-11)17-14-7-8-15(2)12(9-14)10-16;1-3-2/h3-10,12H,1-2H3;3H,1-2H3.